The van der Waals surface area contributed by atoms with E-state index in [0.717, 1.165) is 6.42 Å². The Kier molecular flexibility index (Phi) is 14.0. The molecule has 0 bridgehead atoms. The van der Waals surface area contributed by atoms with Crippen LogP contribution in [0.15, 0.2) is 11.6 Å². The van der Waals surface area contributed by atoms with Crippen LogP contribution in [0, 0.1) is 0 Å². The summed E-state index contributed by atoms with van der Waals surface area (Å²) in [7, 11) is 0. The molecule has 0 aromatic rings. The Morgan fingerprint density at radius 3 is 1.75 bits per heavy atom. The SMILES string of the molecule is CCCCCCCCCCCCCC(C)=CCC(=O)O. The molecular formula is C18H34O2. The van der Waals surface area contributed by atoms with Gasteiger partial charge in [0.1, 0.15) is 0 Å². The van der Waals surface area contributed by atoms with E-state index in [1.807, 2.05) is 13.0 Å². The molecule has 0 unspecified atom stereocenters. The molecule has 0 aromatic carbocycles. The summed E-state index contributed by atoms with van der Waals surface area (Å²) in [5.41, 5.74) is 1.23. The second-order valence-corrected chi connectivity index (χ2v) is 5.93. The van der Waals surface area contributed by atoms with Gasteiger partial charge in [0.2, 0.25) is 0 Å². The lowest BCUT2D eigenvalue weighted by Crippen LogP contribution is -1.91. The molecule has 0 aliphatic rings. The van der Waals surface area contributed by atoms with Crippen LogP contribution >= 0.6 is 0 Å². The molecule has 0 heterocycles. The van der Waals surface area contributed by atoms with Crippen LogP contribution in [-0.4, -0.2) is 11.1 Å². The molecule has 118 valence electrons. The topological polar surface area (TPSA) is 37.3 Å². The van der Waals surface area contributed by atoms with Crippen molar-refractivity contribution in [3.63, 3.8) is 0 Å². The number of hydrogen-bond acceptors (Lipinski definition) is 1. The molecule has 0 saturated heterocycles. The molecule has 0 atom stereocenters. The Morgan fingerprint density at radius 2 is 1.30 bits per heavy atom. The largest absolute Gasteiger partial charge is 0.481 e. The van der Waals surface area contributed by atoms with Crippen LogP contribution < -0.4 is 0 Å². The van der Waals surface area contributed by atoms with Crippen molar-refractivity contribution in [2.24, 2.45) is 0 Å². The summed E-state index contributed by atoms with van der Waals surface area (Å²) in [5.74, 6) is -0.733. The Morgan fingerprint density at radius 1 is 0.850 bits per heavy atom. The van der Waals surface area contributed by atoms with Crippen molar-refractivity contribution in [1.82, 2.24) is 0 Å². The summed E-state index contributed by atoms with van der Waals surface area (Å²) < 4.78 is 0. The second-order valence-electron chi connectivity index (χ2n) is 5.93. The van der Waals surface area contributed by atoms with Gasteiger partial charge in [0.05, 0.1) is 6.42 Å². The molecule has 2 nitrogen and oxygen atoms in total. The lowest BCUT2D eigenvalue weighted by Gasteiger charge is -2.03. The third-order valence-electron chi connectivity index (χ3n) is 3.80. The Hall–Kier alpha value is -0.790. The van der Waals surface area contributed by atoms with E-state index < -0.39 is 5.97 Å². The number of carboxylic acid groups (broad SMARTS) is 1. The van der Waals surface area contributed by atoms with E-state index in [1.165, 1.54) is 76.2 Å². The fourth-order valence-electron chi connectivity index (χ4n) is 2.43. The first-order valence-corrected chi connectivity index (χ1v) is 8.54. The first-order chi connectivity index (χ1) is 9.66. The van der Waals surface area contributed by atoms with Crippen molar-refractivity contribution in [2.45, 2.75) is 97.3 Å². The molecule has 0 rings (SSSR count). The van der Waals surface area contributed by atoms with Gasteiger partial charge in [0.15, 0.2) is 0 Å². The zero-order valence-corrected chi connectivity index (χ0v) is 13.6. The number of allylic oxidation sites excluding steroid dienone is 1. The molecule has 0 saturated carbocycles. The van der Waals surface area contributed by atoms with Crippen LogP contribution in [0.3, 0.4) is 0 Å². The minimum Gasteiger partial charge on any atom is -0.481 e. The predicted molar refractivity (Wildman–Crippen MR) is 87.1 cm³/mol. The maximum atomic E-state index is 10.4. The normalized spacial score (nSPS) is 11.8. The smallest absolute Gasteiger partial charge is 0.307 e. The standard InChI is InChI=1S/C18H34O2/c1-3-4-5-6-7-8-9-10-11-12-13-14-17(2)15-16-18(19)20/h15H,3-14,16H2,1-2H3,(H,19,20). The zero-order valence-electron chi connectivity index (χ0n) is 13.6. The minimum atomic E-state index is -0.733. The average molecular weight is 282 g/mol. The highest BCUT2D eigenvalue weighted by Gasteiger charge is 1.96. The molecule has 0 spiro atoms. The Labute approximate surface area is 125 Å². The van der Waals surface area contributed by atoms with E-state index >= 15 is 0 Å². The van der Waals surface area contributed by atoms with Crippen molar-refractivity contribution < 1.29 is 9.90 Å². The average Bonchev–Trinajstić information content (AvgIpc) is 2.42. The summed E-state index contributed by atoms with van der Waals surface area (Å²) in [6, 6.07) is 0. The minimum absolute atomic E-state index is 0.171. The third-order valence-corrected chi connectivity index (χ3v) is 3.80. The van der Waals surface area contributed by atoms with Gasteiger partial charge in [0.25, 0.3) is 0 Å². The van der Waals surface area contributed by atoms with Crippen LogP contribution in [0.5, 0.6) is 0 Å². The zero-order chi connectivity index (χ0) is 15.1. The molecule has 20 heavy (non-hydrogen) atoms. The van der Waals surface area contributed by atoms with Crippen LogP contribution in [0.4, 0.5) is 0 Å². The van der Waals surface area contributed by atoms with Gasteiger partial charge < -0.3 is 5.11 Å². The van der Waals surface area contributed by atoms with Gasteiger partial charge in [-0.05, 0) is 19.8 Å². The number of rotatable bonds is 14. The first kappa shape index (κ1) is 19.2. The maximum Gasteiger partial charge on any atom is 0.307 e. The summed E-state index contributed by atoms with van der Waals surface area (Å²) >= 11 is 0. The highest BCUT2D eigenvalue weighted by molar-refractivity contribution is 5.68. The number of unbranched alkanes of at least 4 members (excludes halogenated alkanes) is 10. The molecule has 2 heteroatoms. The van der Waals surface area contributed by atoms with Gasteiger partial charge in [0, 0.05) is 0 Å². The number of hydrogen-bond donors (Lipinski definition) is 1. The molecule has 1 N–H and O–H groups in total. The van der Waals surface area contributed by atoms with Crippen molar-refractivity contribution in [3.05, 3.63) is 11.6 Å². The first-order valence-electron chi connectivity index (χ1n) is 8.54. The van der Waals surface area contributed by atoms with Gasteiger partial charge in [-0.3, -0.25) is 4.79 Å². The van der Waals surface area contributed by atoms with Crippen molar-refractivity contribution >= 4 is 5.97 Å². The van der Waals surface area contributed by atoms with Crippen molar-refractivity contribution in [3.8, 4) is 0 Å². The van der Waals surface area contributed by atoms with Gasteiger partial charge in [-0.1, -0.05) is 82.8 Å². The van der Waals surface area contributed by atoms with Crippen LogP contribution in [0.25, 0.3) is 0 Å². The highest BCUT2D eigenvalue weighted by atomic mass is 16.4. The Balaban J connectivity index is 3.20. The lowest BCUT2D eigenvalue weighted by atomic mass is 10.0. The summed E-state index contributed by atoms with van der Waals surface area (Å²) in [6.07, 6.45) is 18.0. The monoisotopic (exact) mass is 282 g/mol. The molecule has 0 aliphatic carbocycles. The summed E-state index contributed by atoms with van der Waals surface area (Å²) in [5, 5.41) is 8.58. The quantitative estimate of drug-likeness (QED) is 0.308. The third kappa shape index (κ3) is 15.3. The van der Waals surface area contributed by atoms with Gasteiger partial charge in [-0.25, -0.2) is 0 Å². The molecule has 0 fully saturated rings. The second kappa shape index (κ2) is 14.6. The summed E-state index contributed by atoms with van der Waals surface area (Å²) in [6.45, 7) is 4.30. The number of aliphatic carboxylic acids is 1. The fourth-order valence-corrected chi connectivity index (χ4v) is 2.43. The predicted octanol–water partition coefficient (Wildman–Crippen LogP) is 6.11. The molecule has 0 aliphatic heterocycles. The van der Waals surface area contributed by atoms with E-state index in [-0.39, 0.29) is 6.42 Å². The number of carboxylic acids is 1. The Bertz CT molecular complexity index is 256. The molecule has 0 radical (unpaired) electrons. The molecule has 0 amide bonds. The maximum absolute atomic E-state index is 10.4. The van der Waals surface area contributed by atoms with E-state index in [9.17, 15) is 4.79 Å². The summed E-state index contributed by atoms with van der Waals surface area (Å²) in [4.78, 5) is 10.4. The van der Waals surface area contributed by atoms with E-state index in [0.29, 0.717) is 0 Å². The molecule has 0 aromatic heterocycles. The van der Waals surface area contributed by atoms with Crippen LogP contribution in [-0.2, 0) is 4.79 Å². The molecular weight excluding hydrogens is 248 g/mol. The highest BCUT2D eigenvalue weighted by Crippen LogP contribution is 2.14. The number of carbonyl (C=O) groups is 1. The van der Waals surface area contributed by atoms with Gasteiger partial charge in [-0.15, -0.1) is 0 Å². The van der Waals surface area contributed by atoms with Gasteiger partial charge >= 0.3 is 5.97 Å². The van der Waals surface area contributed by atoms with Crippen molar-refractivity contribution in [1.29, 1.82) is 0 Å². The van der Waals surface area contributed by atoms with E-state index in [1.54, 1.807) is 0 Å². The van der Waals surface area contributed by atoms with E-state index in [4.69, 9.17) is 5.11 Å². The van der Waals surface area contributed by atoms with Crippen LogP contribution in [0.1, 0.15) is 97.3 Å². The van der Waals surface area contributed by atoms with Gasteiger partial charge in [-0.2, -0.15) is 0 Å². The fraction of sp³-hybridized carbons (Fsp3) is 0.833. The van der Waals surface area contributed by atoms with Crippen LogP contribution in [0.2, 0.25) is 0 Å². The van der Waals surface area contributed by atoms with E-state index in [2.05, 4.69) is 6.92 Å². The lowest BCUT2D eigenvalue weighted by molar-refractivity contribution is -0.136. The van der Waals surface area contributed by atoms with Crippen molar-refractivity contribution in [2.75, 3.05) is 0 Å².